The zero-order valence-electron chi connectivity index (χ0n) is 18.5. The lowest BCUT2D eigenvalue weighted by atomic mass is 10.1. The van der Waals surface area contributed by atoms with Crippen LogP contribution in [0.15, 0.2) is 127 Å². The molecule has 1 aromatic heterocycles. The first kappa shape index (κ1) is 19.4. The lowest BCUT2D eigenvalue weighted by molar-refractivity contribution is 1.16. The van der Waals surface area contributed by atoms with Gasteiger partial charge in [-0.2, -0.15) is 0 Å². The van der Waals surface area contributed by atoms with Crippen molar-refractivity contribution in [3.8, 4) is 5.69 Å². The lowest BCUT2D eigenvalue weighted by Gasteiger charge is -2.26. The van der Waals surface area contributed by atoms with Crippen LogP contribution in [-0.2, 0) is 0 Å². The van der Waals surface area contributed by atoms with Crippen molar-refractivity contribution in [2.75, 3.05) is 4.90 Å². The number of aromatic nitrogens is 1. The van der Waals surface area contributed by atoms with Crippen molar-refractivity contribution in [1.82, 2.24) is 4.57 Å². The molecule has 0 saturated heterocycles. The van der Waals surface area contributed by atoms with Crippen LogP contribution in [-0.4, -0.2) is 4.57 Å². The maximum atomic E-state index is 2.38. The predicted octanol–water partition coefficient (Wildman–Crippen LogP) is 8.56. The second-order valence-electron chi connectivity index (χ2n) is 8.40. The van der Waals surface area contributed by atoms with Crippen molar-refractivity contribution in [1.29, 1.82) is 0 Å². The molecule has 0 N–H and O–H groups in total. The molecule has 0 aliphatic carbocycles. The Morgan fingerprint density at radius 1 is 0.485 bits per heavy atom. The smallest absolute Gasteiger partial charge is 0.0541 e. The van der Waals surface area contributed by atoms with Gasteiger partial charge in [0.15, 0.2) is 0 Å². The van der Waals surface area contributed by atoms with Gasteiger partial charge in [-0.15, -0.1) is 0 Å². The zero-order chi connectivity index (χ0) is 22.2. The van der Waals surface area contributed by atoms with Crippen LogP contribution in [0.4, 0.5) is 17.1 Å². The summed E-state index contributed by atoms with van der Waals surface area (Å²) in [6, 6.07) is 45.3. The molecular weight excluding hydrogens is 400 g/mol. The molecule has 0 fully saturated rings. The maximum absolute atomic E-state index is 2.38. The van der Waals surface area contributed by atoms with Gasteiger partial charge in [-0.1, -0.05) is 72.8 Å². The SMILES string of the molecule is Cc1cc(N(c2ccccc2)c2ccccc2)cc(-n2c3ccccc3c3ccccc32)c1. The fraction of sp³-hybridized carbons (Fsp3) is 0.0323. The number of rotatable bonds is 4. The van der Waals surface area contributed by atoms with Crippen LogP contribution in [0.3, 0.4) is 0 Å². The van der Waals surface area contributed by atoms with Gasteiger partial charge in [0, 0.05) is 33.5 Å². The number of nitrogens with zero attached hydrogens (tertiary/aromatic N) is 2. The first-order valence-electron chi connectivity index (χ1n) is 11.3. The van der Waals surface area contributed by atoms with Gasteiger partial charge in [-0.3, -0.25) is 0 Å². The Bertz CT molecular complexity index is 1470. The van der Waals surface area contributed by atoms with E-state index in [1.54, 1.807) is 0 Å². The summed E-state index contributed by atoms with van der Waals surface area (Å²) in [5.41, 5.74) is 8.26. The number of benzene rings is 5. The molecule has 158 valence electrons. The Hall–Kier alpha value is -4.30. The van der Waals surface area contributed by atoms with E-state index in [1.165, 1.54) is 33.1 Å². The van der Waals surface area contributed by atoms with Gasteiger partial charge in [0.1, 0.15) is 0 Å². The Morgan fingerprint density at radius 2 is 0.970 bits per heavy atom. The fourth-order valence-corrected chi connectivity index (χ4v) is 4.80. The van der Waals surface area contributed by atoms with Crippen LogP contribution in [0.25, 0.3) is 27.5 Å². The molecule has 0 saturated carbocycles. The standard InChI is InChI=1S/C31H24N2/c1-23-20-26(32(24-12-4-2-5-13-24)25-14-6-3-7-15-25)22-27(21-23)33-30-18-10-8-16-28(30)29-17-9-11-19-31(29)33/h2-22H,1H3. The molecule has 0 unspecified atom stereocenters. The number of fused-ring (bicyclic) bond motifs is 3. The van der Waals surface area contributed by atoms with Crippen LogP contribution in [0.2, 0.25) is 0 Å². The highest BCUT2D eigenvalue weighted by Crippen LogP contribution is 2.38. The van der Waals surface area contributed by atoms with Crippen molar-refractivity contribution in [2.45, 2.75) is 6.92 Å². The van der Waals surface area contributed by atoms with Crippen LogP contribution < -0.4 is 4.90 Å². The van der Waals surface area contributed by atoms with Crippen molar-refractivity contribution >= 4 is 38.9 Å². The van der Waals surface area contributed by atoms with Crippen molar-refractivity contribution in [3.63, 3.8) is 0 Å². The Morgan fingerprint density at radius 3 is 1.52 bits per heavy atom. The molecule has 6 aromatic rings. The first-order chi connectivity index (χ1) is 16.3. The van der Waals surface area contributed by atoms with E-state index < -0.39 is 0 Å². The van der Waals surface area contributed by atoms with Gasteiger partial charge in [0.2, 0.25) is 0 Å². The highest BCUT2D eigenvalue weighted by molar-refractivity contribution is 6.09. The van der Waals surface area contributed by atoms with Crippen molar-refractivity contribution < 1.29 is 0 Å². The van der Waals surface area contributed by atoms with E-state index in [4.69, 9.17) is 0 Å². The molecule has 0 aliphatic rings. The highest BCUT2D eigenvalue weighted by Gasteiger charge is 2.16. The summed E-state index contributed by atoms with van der Waals surface area (Å²) in [5.74, 6) is 0. The zero-order valence-corrected chi connectivity index (χ0v) is 18.5. The largest absolute Gasteiger partial charge is 0.310 e. The number of para-hydroxylation sites is 4. The molecule has 0 spiro atoms. The lowest BCUT2D eigenvalue weighted by Crippen LogP contribution is -2.10. The minimum absolute atomic E-state index is 1.14. The van der Waals surface area contributed by atoms with Crippen LogP contribution >= 0.6 is 0 Å². The summed E-state index contributed by atoms with van der Waals surface area (Å²) >= 11 is 0. The van der Waals surface area contributed by atoms with Gasteiger partial charge >= 0.3 is 0 Å². The van der Waals surface area contributed by atoms with Crippen LogP contribution in [0, 0.1) is 6.92 Å². The quantitative estimate of drug-likeness (QED) is 0.275. The minimum atomic E-state index is 1.14. The molecule has 33 heavy (non-hydrogen) atoms. The average Bonchev–Trinajstić information content (AvgIpc) is 3.20. The summed E-state index contributed by atoms with van der Waals surface area (Å²) in [6.07, 6.45) is 0. The third-order valence-corrected chi connectivity index (χ3v) is 6.17. The van der Waals surface area contributed by atoms with Crippen molar-refractivity contribution in [2.24, 2.45) is 0 Å². The first-order valence-corrected chi connectivity index (χ1v) is 11.3. The Labute approximate surface area is 194 Å². The molecule has 0 aliphatic heterocycles. The summed E-state index contributed by atoms with van der Waals surface area (Å²) in [5, 5.41) is 2.55. The van der Waals surface area contributed by atoms with E-state index in [2.05, 4.69) is 144 Å². The molecular formula is C31H24N2. The molecule has 0 radical (unpaired) electrons. The number of hydrogen-bond donors (Lipinski definition) is 0. The number of aryl methyl sites for hydroxylation is 1. The highest BCUT2D eigenvalue weighted by atomic mass is 15.1. The van der Waals surface area contributed by atoms with Gasteiger partial charge < -0.3 is 9.47 Å². The maximum Gasteiger partial charge on any atom is 0.0541 e. The monoisotopic (exact) mass is 424 g/mol. The van der Waals surface area contributed by atoms with Crippen LogP contribution in [0.1, 0.15) is 5.56 Å². The average molecular weight is 425 g/mol. The molecule has 0 bridgehead atoms. The normalized spacial score (nSPS) is 11.2. The second kappa shape index (κ2) is 7.99. The van der Waals surface area contributed by atoms with Crippen LogP contribution in [0.5, 0.6) is 0 Å². The third-order valence-electron chi connectivity index (χ3n) is 6.17. The summed E-state index contributed by atoms with van der Waals surface area (Å²) in [7, 11) is 0. The van der Waals surface area contributed by atoms with E-state index in [1.807, 2.05) is 0 Å². The molecule has 1 heterocycles. The number of hydrogen-bond acceptors (Lipinski definition) is 1. The molecule has 5 aromatic carbocycles. The van der Waals surface area contributed by atoms with E-state index in [0.29, 0.717) is 0 Å². The summed E-state index contributed by atoms with van der Waals surface area (Å²) < 4.78 is 2.38. The van der Waals surface area contributed by atoms with E-state index in [-0.39, 0.29) is 0 Å². The van der Waals surface area contributed by atoms with Gasteiger partial charge in [0.05, 0.1) is 11.0 Å². The van der Waals surface area contributed by atoms with E-state index in [0.717, 1.165) is 17.1 Å². The van der Waals surface area contributed by atoms with Gasteiger partial charge in [-0.05, 0) is 67.1 Å². The van der Waals surface area contributed by atoms with Gasteiger partial charge in [0.25, 0.3) is 0 Å². The molecule has 6 rings (SSSR count). The predicted molar refractivity (Wildman–Crippen MR) is 140 cm³/mol. The second-order valence-corrected chi connectivity index (χ2v) is 8.40. The third kappa shape index (κ3) is 3.37. The number of anilines is 3. The molecule has 0 atom stereocenters. The Kier molecular flexibility index (Phi) is 4.70. The fourth-order valence-electron chi connectivity index (χ4n) is 4.80. The Balaban J connectivity index is 1.62. The van der Waals surface area contributed by atoms with Gasteiger partial charge in [-0.25, -0.2) is 0 Å². The van der Waals surface area contributed by atoms with E-state index >= 15 is 0 Å². The van der Waals surface area contributed by atoms with E-state index in [9.17, 15) is 0 Å². The molecule has 2 nitrogen and oxygen atoms in total. The summed E-state index contributed by atoms with van der Waals surface area (Å²) in [6.45, 7) is 2.18. The topological polar surface area (TPSA) is 8.17 Å². The van der Waals surface area contributed by atoms with Crippen molar-refractivity contribution in [3.05, 3.63) is 133 Å². The molecule has 2 heteroatoms. The molecule has 0 amide bonds. The minimum Gasteiger partial charge on any atom is -0.310 e. The summed E-state index contributed by atoms with van der Waals surface area (Å²) in [4.78, 5) is 2.32.